The Labute approximate surface area is 73.4 Å². The smallest absolute Gasteiger partial charge is 0.150 e. The summed E-state index contributed by atoms with van der Waals surface area (Å²) in [6.45, 7) is 6.08. The van der Waals surface area contributed by atoms with Crippen LogP contribution in [0.4, 0.5) is 0 Å². The molecule has 0 fully saturated rings. The average molecular weight is 162 g/mol. The largest absolute Gasteiger partial charge is 0.298 e. The minimum Gasteiger partial charge on any atom is -0.298 e. The molecule has 0 spiro atoms. The molecular formula is C11H14O. The lowest BCUT2D eigenvalue weighted by Gasteiger charge is -2.05. The van der Waals surface area contributed by atoms with Crippen molar-refractivity contribution in [1.29, 1.82) is 0 Å². The molecule has 0 amide bonds. The highest BCUT2D eigenvalue weighted by atomic mass is 16.1. The highest BCUT2D eigenvalue weighted by molar-refractivity contribution is 5.79. The van der Waals surface area contributed by atoms with E-state index in [0.717, 1.165) is 29.4 Å². The number of benzene rings is 1. The fourth-order valence-corrected chi connectivity index (χ4v) is 1.45. The highest BCUT2D eigenvalue weighted by Gasteiger charge is 2.02. The van der Waals surface area contributed by atoms with E-state index in [-0.39, 0.29) is 0 Å². The van der Waals surface area contributed by atoms with Crippen LogP contribution in [0.2, 0.25) is 0 Å². The van der Waals surface area contributed by atoms with Gasteiger partial charge in [-0.2, -0.15) is 0 Å². The van der Waals surface area contributed by atoms with Crippen molar-refractivity contribution < 1.29 is 4.79 Å². The predicted octanol–water partition coefficient (Wildman–Crippen LogP) is 2.68. The quantitative estimate of drug-likeness (QED) is 0.611. The number of aryl methyl sites for hydroxylation is 3. The van der Waals surface area contributed by atoms with Crippen molar-refractivity contribution in [3.8, 4) is 0 Å². The summed E-state index contributed by atoms with van der Waals surface area (Å²) in [5.74, 6) is 0. The first-order valence-electron chi connectivity index (χ1n) is 4.24. The van der Waals surface area contributed by atoms with Gasteiger partial charge in [-0.3, -0.25) is 4.79 Å². The molecule has 0 aliphatic rings. The van der Waals surface area contributed by atoms with Gasteiger partial charge in [-0.05, 0) is 37.0 Å². The van der Waals surface area contributed by atoms with E-state index in [4.69, 9.17) is 0 Å². The third kappa shape index (κ3) is 1.55. The highest BCUT2D eigenvalue weighted by Crippen LogP contribution is 2.14. The van der Waals surface area contributed by atoms with Crippen molar-refractivity contribution in [2.75, 3.05) is 0 Å². The van der Waals surface area contributed by atoms with Gasteiger partial charge in [0.15, 0.2) is 6.29 Å². The minimum atomic E-state index is 0.840. The molecule has 0 unspecified atom stereocenters. The maximum absolute atomic E-state index is 10.6. The third-order valence-corrected chi connectivity index (χ3v) is 2.18. The van der Waals surface area contributed by atoms with Gasteiger partial charge in [0, 0.05) is 5.56 Å². The first-order chi connectivity index (χ1) is 5.69. The summed E-state index contributed by atoms with van der Waals surface area (Å²) in [6, 6.07) is 4.16. The molecule has 1 heteroatoms. The van der Waals surface area contributed by atoms with Gasteiger partial charge >= 0.3 is 0 Å². The molecule has 1 aromatic rings. The fourth-order valence-electron chi connectivity index (χ4n) is 1.45. The molecule has 0 bridgehead atoms. The van der Waals surface area contributed by atoms with Crippen molar-refractivity contribution in [3.63, 3.8) is 0 Å². The van der Waals surface area contributed by atoms with Crippen LogP contribution in [0.1, 0.15) is 34.0 Å². The summed E-state index contributed by atoms with van der Waals surface area (Å²) in [5.41, 5.74) is 4.31. The minimum absolute atomic E-state index is 0.840. The second-order valence-corrected chi connectivity index (χ2v) is 3.11. The van der Waals surface area contributed by atoms with Crippen LogP contribution in [0.3, 0.4) is 0 Å². The Hall–Kier alpha value is -1.11. The van der Waals surface area contributed by atoms with Crippen LogP contribution in [0.5, 0.6) is 0 Å². The third-order valence-electron chi connectivity index (χ3n) is 2.18. The zero-order chi connectivity index (χ0) is 9.14. The van der Waals surface area contributed by atoms with E-state index in [2.05, 4.69) is 19.1 Å². The summed E-state index contributed by atoms with van der Waals surface area (Å²) in [4.78, 5) is 10.6. The monoisotopic (exact) mass is 162 g/mol. The predicted molar refractivity (Wildman–Crippen MR) is 50.7 cm³/mol. The Kier molecular flexibility index (Phi) is 2.64. The lowest BCUT2D eigenvalue weighted by Crippen LogP contribution is -1.93. The molecule has 0 saturated heterocycles. The first kappa shape index (κ1) is 8.98. The van der Waals surface area contributed by atoms with Crippen LogP contribution in [-0.4, -0.2) is 6.29 Å². The van der Waals surface area contributed by atoms with Crippen LogP contribution in [-0.2, 0) is 6.42 Å². The normalized spacial score (nSPS) is 9.92. The zero-order valence-corrected chi connectivity index (χ0v) is 7.85. The Bertz CT molecular complexity index is 277. The van der Waals surface area contributed by atoms with E-state index in [0.29, 0.717) is 0 Å². The van der Waals surface area contributed by atoms with Crippen molar-refractivity contribution in [1.82, 2.24) is 0 Å². The molecule has 0 aliphatic heterocycles. The Morgan fingerprint density at radius 2 is 1.75 bits per heavy atom. The van der Waals surface area contributed by atoms with E-state index in [9.17, 15) is 4.79 Å². The van der Waals surface area contributed by atoms with E-state index < -0.39 is 0 Å². The SMILES string of the molecule is CCc1cc(C)c(C=O)c(C)c1. The van der Waals surface area contributed by atoms with Crippen molar-refractivity contribution in [3.05, 3.63) is 34.4 Å². The Morgan fingerprint density at radius 1 is 1.25 bits per heavy atom. The number of carbonyl (C=O) groups excluding carboxylic acids is 1. The summed E-state index contributed by atoms with van der Waals surface area (Å²) in [5, 5.41) is 0. The maximum atomic E-state index is 10.6. The van der Waals surface area contributed by atoms with E-state index >= 15 is 0 Å². The number of hydrogen-bond donors (Lipinski definition) is 0. The Morgan fingerprint density at radius 3 is 2.08 bits per heavy atom. The summed E-state index contributed by atoms with van der Waals surface area (Å²) < 4.78 is 0. The topological polar surface area (TPSA) is 17.1 Å². The summed E-state index contributed by atoms with van der Waals surface area (Å²) in [6.07, 6.45) is 1.96. The van der Waals surface area contributed by atoms with Crippen molar-refractivity contribution in [2.45, 2.75) is 27.2 Å². The summed E-state index contributed by atoms with van der Waals surface area (Å²) >= 11 is 0. The second-order valence-electron chi connectivity index (χ2n) is 3.11. The van der Waals surface area contributed by atoms with Crippen LogP contribution >= 0.6 is 0 Å². The molecule has 64 valence electrons. The number of hydrogen-bond acceptors (Lipinski definition) is 1. The molecule has 0 radical (unpaired) electrons. The zero-order valence-electron chi connectivity index (χ0n) is 7.85. The van der Waals surface area contributed by atoms with Gasteiger partial charge in [0.2, 0.25) is 0 Å². The molecule has 1 rings (SSSR count). The fraction of sp³-hybridized carbons (Fsp3) is 0.364. The van der Waals surface area contributed by atoms with E-state index in [1.807, 2.05) is 13.8 Å². The molecule has 12 heavy (non-hydrogen) atoms. The van der Waals surface area contributed by atoms with Crippen LogP contribution in [0.15, 0.2) is 12.1 Å². The van der Waals surface area contributed by atoms with Gasteiger partial charge in [-0.15, -0.1) is 0 Å². The molecule has 0 N–H and O–H groups in total. The number of carbonyl (C=O) groups is 1. The standard InChI is InChI=1S/C11H14O/c1-4-10-5-8(2)11(7-12)9(3)6-10/h5-7H,4H2,1-3H3. The molecule has 0 heterocycles. The van der Waals surface area contributed by atoms with Crippen LogP contribution < -0.4 is 0 Å². The lowest BCUT2D eigenvalue weighted by molar-refractivity contribution is 0.112. The van der Waals surface area contributed by atoms with Gasteiger partial charge < -0.3 is 0 Å². The lowest BCUT2D eigenvalue weighted by atomic mass is 9.99. The first-order valence-corrected chi connectivity index (χ1v) is 4.24. The van der Waals surface area contributed by atoms with Gasteiger partial charge in [-0.25, -0.2) is 0 Å². The van der Waals surface area contributed by atoms with Gasteiger partial charge in [0.05, 0.1) is 0 Å². The molecular weight excluding hydrogens is 148 g/mol. The van der Waals surface area contributed by atoms with Crippen LogP contribution in [0, 0.1) is 13.8 Å². The molecule has 0 aromatic heterocycles. The van der Waals surface area contributed by atoms with Gasteiger partial charge in [0.1, 0.15) is 0 Å². The molecule has 1 nitrogen and oxygen atoms in total. The molecule has 0 atom stereocenters. The molecule has 0 aliphatic carbocycles. The van der Waals surface area contributed by atoms with E-state index in [1.54, 1.807) is 0 Å². The van der Waals surface area contributed by atoms with Gasteiger partial charge in [0.25, 0.3) is 0 Å². The number of aldehydes is 1. The van der Waals surface area contributed by atoms with E-state index in [1.165, 1.54) is 5.56 Å². The van der Waals surface area contributed by atoms with Crippen LogP contribution in [0.25, 0.3) is 0 Å². The van der Waals surface area contributed by atoms with Gasteiger partial charge in [-0.1, -0.05) is 19.1 Å². The molecule has 0 saturated carbocycles. The summed E-state index contributed by atoms with van der Waals surface area (Å²) in [7, 11) is 0. The molecule has 1 aromatic carbocycles. The Balaban J connectivity index is 3.27. The van der Waals surface area contributed by atoms with Crippen molar-refractivity contribution in [2.24, 2.45) is 0 Å². The number of rotatable bonds is 2. The average Bonchev–Trinajstić information content (AvgIpc) is 2.03. The van der Waals surface area contributed by atoms with Crippen molar-refractivity contribution >= 4 is 6.29 Å². The maximum Gasteiger partial charge on any atom is 0.150 e. The second kappa shape index (κ2) is 3.53.